The lowest BCUT2D eigenvalue weighted by Crippen LogP contribution is -2.30. The number of aryl methyl sites for hydroxylation is 2. The van der Waals surface area contributed by atoms with Crippen molar-refractivity contribution in [1.82, 2.24) is 15.2 Å². The fourth-order valence-corrected chi connectivity index (χ4v) is 2.20. The minimum Gasteiger partial charge on any atom is -0.464 e. The monoisotopic (exact) mass is 268 g/mol. The summed E-state index contributed by atoms with van der Waals surface area (Å²) in [6, 6.07) is 3.49. The molecule has 0 spiro atoms. The second-order valence-corrected chi connectivity index (χ2v) is 4.56. The summed E-state index contributed by atoms with van der Waals surface area (Å²) in [5.41, 5.74) is 3.56. The van der Waals surface area contributed by atoms with Gasteiger partial charge in [0.1, 0.15) is 17.6 Å². The third-order valence-corrected chi connectivity index (χ3v) is 3.05. The molecule has 0 bridgehead atoms. The summed E-state index contributed by atoms with van der Waals surface area (Å²) in [6.07, 6.45) is 2.60. The molecule has 2 aromatic heterocycles. The third kappa shape index (κ3) is 2.43. The summed E-state index contributed by atoms with van der Waals surface area (Å²) in [7, 11) is 0. The van der Waals surface area contributed by atoms with E-state index in [2.05, 4.69) is 17.4 Å². The fraction of sp³-hybridized carbons (Fsp3) is 0.417. The van der Waals surface area contributed by atoms with Gasteiger partial charge in [0.05, 0.1) is 16.9 Å². The Morgan fingerprint density at radius 3 is 2.89 bits per heavy atom. The molecule has 18 heavy (non-hydrogen) atoms. The Bertz CT molecular complexity index is 520. The number of hydrazine groups is 1. The van der Waals surface area contributed by atoms with Crippen LogP contribution in [-0.2, 0) is 6.54 Å². The van der Waals surface area contributed by atoms with E-state index < -0.39 is 0 Å². The molecule has 3 N–H and O–H groups in total. The Morgan fingerprint density at radius 2 is 2.33 bits per heavy atom. The smallest absolute Gasteiger partial charge is 0.128 e. The van der Waals surface area contributed by atoms with Crippen LogP contribution >= 0.6 is 11.6 Å². The first-order chi connectivity index (χ1) is 8.67. The highest BCUT2D eigenvalue weighted by molar-refractivity contribution is 6.31. The van der Waals surface area contributed by atoms with Gasteiger partial charge in [-0.05, 0) is 25.5 Å². The molecule has 0 aliphatic heterocycles. The van der Waals surface area contributed by atoms with E-state index in [9.17, 15) is 0 Å². The first kappa shape index (κ1) is 13.1. The number of hydrogen-bond acceptors (Lipinski definition) is 4. The Hall–Kier alpha value is -1.30. The molecule has 2 heterocycles. The van der Waals surface area contributed by atoms with Gasteiger partial charge in [0.15, 0.2) is 0 Å². The van der Waals surface area contributed by atoms with E-state index in [1.54, 1.807) is 6.20 Å². The maximum atomic E-state index is 6.19. The highest BCUT2D eigenvalue weighted by Gasteiger charge is 2.23. The van der Waals surface area contributed by atoms with Crippen molar-refractivity contribution < 1.29 is 4.42 Å². The second-order valence-electron chi connectivity index (χ2n) is 4.15. The van der Waals surface area contributed by atoms with Crippen LogP contribution in [0.15, 0.2) is 22.7 Å². The van der Waals surface area contributed by atoms with E-state index in [4.69, 9.17) is 21.9 Å². The molecule has 1 atom stereocenters. The number of aromatic nitrogens is 2. The fourth-order valence-electron chi connectivity index (χ4n) is 1.95. The lowest BCUT2D eigenvalue weighted by molar-refractivity contribution is 0.415. The van der Waals surface area contributed by atoms with Gasteiger partial charge in [-0.1, -0.05) is 18.5 Å². The number of rotatable bonds is 5. The zero-order valence-electron chi connectivity index (χ0n) is 10.5. The summed E-state index contributed by atoms with van der Waals surface area (Å²) in [4.78, 5) is 0. The Kier molecular flexibility index (Phi) is 4.06. The zero-order chi connectivity index (χ0) is 13.1. The van der Waals surface area contributed by atoms with Gasteiger partial charge in [-0.25, -0.2) is 5.43 Å². The van der Waals surface area contributed by atoms with Crippen LogP contribution in [0, 0.1) is 6.92 Å². The Balaban J connectivity index is 2.41. The molecule has 98 valence electrons. The topological polar surface area (TPSA) is 69.0 Å². The molecule has 0 fully saturated rings. The van der Waals surface area contributed by atoms with Crippen LogP contribution in [0.5, 0.6) is 0 Å². The van der Waals surface area contributed by atoms with Crippen LogP contribution in [0.1, 0.15) is 36.6 Å². The number of nitrogens with one attached hydrogen (secondary N) is 1. The summed E-state index contributed by atoms with van der Waals surface area (Å²) in [6.45, 7) is 4.77. The van der Waals surface area contributed by atoms with Crippen molar-refractivity contribution in [3.05, 3.63) is 40.6 Å². The van der Waals surface area contributed by atoms with E-state index >= 15 is 0 Å². The minimum atomic E-state index is -0.291. The standard InChI is InChI=1S/C12H17ClN4O/c1-3-6-17-12(9(13)7-15-17)11(16-14)10-5-4-8(2)18-10/h4-5,7,11,16H,3,6,14H2,1-2H3. The summed E-state index contributed by atoms with van der Waals surface area (Å²) < 4.78 is 7.46. The molecule has 0 aliphatic carbocycles. The van der Waals surface area contributed by atoms with Crippen molar-refractivity contribution in [3.8, 4) is 0 Å². The summed E-state index contributed by atoms with van der Waals surface area (Å²) in [5, 5.41) is 4.84. The quantitative estimate of drug-likeness (QED) is 0.645. The third-order valence-electron chi connectivity index (χ3n) is 2.75. The van der Waals surface area contributed by atoms with Crippen molar-refractivity contribution in [2.24, 2.45) is 5.84 Å². The minimum absolute atomic E-state index is 0.291. The number of hydrogen-bond donors (Lipinski definition) is 2. The van der Waals surface area contributed by atoms with Crippen LogP contribution in [0.4, 0.5) is 0 Å². The number of halogens is 1. The predicted octanol–water partition coefficient (Wildman–Crippen LogP) is 2.40. The van der Waals surface area contributed by atoms with Crippen molar-refractivity contribution >= 4 is 11.6 Å². The molecule has 1 unspecified atom stereocenters. The predicted molar refractivity (Wildman–Crippen MR) is 70.1 cm³/mol. The van der Waals surface area contributed by atoms with Crippen LogP contribution in [-0.4, -0.2) is 9.78 Å². The van der Waals surface area contributed by atoms with E-state index in [0.717, 1.165) is 30.2 Å². The maximum Gasteiger partial charge on any atom is 0.128 e. The first-order valence-corrected chi connectivity index (χ1v) is 6.28. The molecule has 0 saturated heterocycles. The number of furan rings is 1. The van der Waals surface area contributed by atoms with Gasteiger partial charge >= 0.3 is 0 Å². The van der Waals surface area contributed by atoms with Crippen molar-refractivity contribution in [3.63, 3.8) is 0 Å². The largest absolute Gasteiger partial charge is 0.464 e. The van der Waals surface area contributed by atoms with Crippen molar-refractivity contribution in [2.75, 3.05) is 0 Å². The molecule has 2 rings (SSSR count). The van der Waals surface area contributed by atoms with Gasteiger partial charge in [-0.2, -0.15) is 5.10 Å². The van der Waals surface area contributed by atoms with Gasteiger partial charge < -0.3 is 4.42 Å². The van der Waals surface area contributed by atoms with E-state index in [0.29, 0.717) is 5.02 Å². The van der Waals surface area contributed by atoms with Crippen LogP contribution < -0.4 is 11.3 Å². The van der Waals surface area contributed by atoms with E-state index in [1.807, 2.05) is 23.7 Å². The SMILES string of the molecule is CCCn1ncc(Cl)c1C(NN)c1ccc(C)o1. The zero-order valence-corrected chi connectivity index (χ0v) is 11.2. The number of nitrogens with two attached hydrogens (primary N) is 1. The van der Waals surface area contributed by atoms with E-state index in [1.165, 1.54) is 0 Å². The van der Waals surface area contributed by atoms with Crippen LogP contribution in [0.25, 0.3) is 0 Å². The molecule has 0 aliphatic rings. The molecular formula is C12H17ClN4O. The lowest BCUT2D eigenvalue weighted by Gasteiger charge is -2.16. The van der Waals surface area contributed by atoms with Gasteiger partial charge in [-0.15, -0.1) is 0 Å². The van der Waals surface area contributed by atoms with Gasteiger partial charge in [0, 0.05) is 6.54 Å². The molecule has 5 nitrogen and oxygen atoms in total. The molecule has 0 aromatic carbocycles. The van der Waals surface area contributed by atoms with Gasteiger partial charge in [-0.3, -0.25) is 10.5 Å². The van der Waals surface area contributed by atoms with Crippen molar-refractivity contribution in [1.29, 1.82) is 0 Å². The maximum absolute atomic E-state index is 6.19. The van der Waals surface area contributed by atoms with Crippen LogP contribution in [0.2, 0.25) is 5.02 Å². The molecule has 0 saturated carbocycles. The molecule has 0 radical (unpaired) electrons. The van der Waals surface area contributed by atoms with Gasteiger partial charge in [0.25, 0.3) is 0 Å². The highest BCUT2D eigenvalue weighted by atomic mass is 35.5. The molecule has 2 aromatic rings. The van der Waals surface area contributed by atoms with E-state index in [-0.39, 0.29) is 6.04 Å². The van der Waals surface area contributed by atoms with Crippen LogP contribution in [0.3, 0.4) is 0 Å². The Labute approximate surface area is 111 Å². The van der Waals surface area contributed by atoms with Crippen molar-refractivity contribution in [2.45, 2.75) is 32.9 Å². The molecule has 0 amide bonds. The normalized spacial score (nSPS) is 12.9. The summed E-state index contributed by atoms with van der Waals surface area (Å²) in [5.74, 6) is 7.20. The Morgan fingerprint density at radius 1 is 1.56 bits per heavy atom. The average Bonchev–Trinajstić information content (AvgIpc) is 2.91. The van der Waals surface area contributed by atoms with Gasteiger partial charge in [0.2, 0.25) is 0 Å². The highest BCUT2D eigenvalue weighted by Crippen LogP contribution is 2.28. The average molecular weight is 269 g/mol. The molecule has 6 heteroatoms. The number of nitrogens with zero attached hydrogens (tertiary/aromatic N) is 2. The second kappa shape index (κ2) is 5.56. The summed E-state index contributed by atoms with van der Waals surface area (Å²) >= 11 is 6.19. The molecular weight excluding hydrogens is 252 g/mol. The lowest BCUT2D eigenvalue weighted by atomic mass is 10.1. The first-order valence-electron chi connectivity index (χ1n) is 5.91.